The number of nitrogens with one attached hydrogen (secondary N) is 1. The number of allylic oxidation sites excluding steroid dienone is 1. The number of para-hydroxylation sites is 2. The first-order valence-electron chi connectivity index (χ1n) is 7.80. The lowest BCUT2D eigenvalue weighted by molar-refractivity contribution is -0.383. The fourth-order valence-electron chi connectivity index (χ4n) is 2.41. The van der Waals surface area contributed by atoms with Crippen molar-refractivity contribution in [2.75, 3.05) is 11.1 Å². The van der Waals surface area contributed by atoms with E-state index in [9.17, 15) is 14.9 Å². The number of hydrogen-bond acceptors (Lipinski definition) is 6. The Morgan fingerprint density at radius 2 is 2.20 bits per heavy atom. The Morgan fingerprint density at radius 1 is 1.44 bits per heavy atom. The van der Waals surface area contributed by atoms with Gasteiger partial charge in [-0.2, -0.15) is 0 Å². The van der Waals surface area contributed by atoms with Gasteiger partial charge in [0.1, 0.15) is 11.5 Å². The van der Waals surface area contributed by atoms with Gasteiger partial charge in [-0.25, -0.2) is 0 Å². The number of nitrogens with zero attached hydrogens (tertiary/aromatic N) is 4. The lowest BCUT2D eigenvalue weighted by atomic mass is 10.2. The van der Waals surface area contributed by atoms with Crippen LogP contribution in [0.3, 0.4) is 0 Å². The Bertz CT molecular complexity index is 816. The molecule has 1 N–H and O–H groups in total. The predicted molar refractivity (Wildman–Crippen MR) is 94.6 cm³/mol. The fourth-order valence-corrected chi connectivity index (χ4v) is 3.16. The normalized spacial score (nSPS) is 13.4. The number of amides is 1. The van der Waals surface area contributed by atoms with Crippen LogP contribution >= 0.6 is 11.8 Å². The van der Waals surface area contributed by atoms with E-state index in [-0.39, 0.29) is 23.0 Å². The van der Waals surface area contributed by atoms with Crippen LogP contribution in [0.15, 0.2) is 42.1 Å². The minimum atomic E-state index is -0.522. The monoisotopic (exact) mass is 359 g/mol. The first kappa shape index (κ1) is 17.2. The van der Waals surface area contributed by atoms with Crippen LogP contribution in [0.4, 0.5) is 11.4 Å². The summed E-state index contributed by atoms with van der Waals surface area (Å²) in [4.78, 5) is 22.6. The van der Waals surface area contributed by atoms with E-state index in [2.05, 4.69) is 22.1 Å². The largest absolute Gasteiger partial charge is 0.320 e. The van der Waals surface area contributed by atoms with E-state index in [1.54, 1.807) is 18.2 Å². The third kappa shape index (κ3) is 4.05. The molecule has 0 unspecified atom stereocenters. The molecule has 0 radical (unpaired) electrons. The molecule has 1 aliphatic rings. The SMILES string of the molecule is C=CCn1c(SCC(=O)Nc2ccccc2[N+](=O)[O-])nnc1C1CC1. The maximum absolute atomic E-state index is 12.2. The van der Waals surface area contributed by atoms with Gasteiger partial charge >= 0.3 is 0 Å². The lowest BCUT2D eigenvalue weighted by Gasteiger charge is -2.08. The van der Waals surface area contributed by atoms with Crippen molar-refractivity contribution in [3.63, 3.8) is 0 Å². The smallest absolute Gasteiger partial charge is 0.292 e. The second-order valence-electron chi connectivity index (χ2n) is 5.63. The minimum absolute atomic E-state index is 0.0893. The maximum Gasteiger partial charge on any atom is 0.292 e. The molecule has 0 spiro atoms. The van der Waals surface area contributed by atoms with E-state index in [0.717, 1.165) is 18.7 Å². The second kappa shape index (κ2) is 7.47. The van der Waals surface area contributed by atoms with Gasteiger partial charge < -0.3 is 9.88 Å². The highest BCUT2D eigenvalue weighted by Crippen LogP contribution is 2.40. The molecule has 0 bridgehead atoms. The van der Waals surface area contributed by atoms with Crippen LogP contribution in [0.25, 0.3) is 0 Å². The van der Waals surface area contributed by atoms with Crippen molar-refractivity contribution in [1.82, 2.24) is 14.8 Å². The van der Waals surface area contributed by atoms with Gasteiger partial charge in [-0.05, 0) is 18.9 Å². The van der Waals surface area contributed by atoms with Crippen LogP contribution < -0.4 is 5.32 Å². The number of thioether (sulfide) groups is 1. The first-order valence-corrected chi connectivity index (χ1v) is 8.78. The lowest BCUT2D eigenvalue weighted by Crippen LogP contribution is -2.15. The molecular formula is C16H17N5O3S. The third-order valence-electron chi connectivity index (χ3n) is 3.71. The average molecular weight is 359 g/mol. The van der Waals surface area contributed by atoms with Crippen LogP contribution in [-0.2, 0) is 11.3 Å². The average Bonchev–Trinajstić information content (AvgIpc) is 3.36. The van der Waals surface area contributed by atoms with Gasteiger partial charge in [0.2, 0.25) is 5.91 Å². The Balaban J connectivity index is 1.65. The van der Waals surface area contributed by atoms with Crippen molar-refractivity contribution in [3.8, 4) is 0 Å². The summed E-state index contributed by atoms with van der Waals surface area (Å²) < 4.78 is 1.97. The quantitative estimate of drug-likeness (QED) is 0.336. The molecule has 1 fully saturated rings. The van der Waals surface area contributed by atoms with Crippen molar-refractivity contribution in [3.05, 3.63) is 52.9 Å². The van der Waals surface area contributed by atoms with Crippen molar-refractivity contribution in [1.29, 1.82) is 0 Å². The van der Waals surface area contributed by atoms with E-state index < -0.39 is 4.92 Å². The Hall–Kier alpha value is -2.68. The van der Waals surface area contributed by atoms with Gasteiger partial charge in [0.15, 0.2) is 5.16 Å². The summed E-state index contributed by atoms with van der Waals surface area (Å²) >= 11 is 1.25. The summed E-state index contributed by atoms with van der Waals surface area (Å²) in [5, 5.41) is 22.6. The molecule has 25 heavy (non-hydrogen) atoms. The summed E-state index contributed by atoms with van der Waals surface area (Å²) in [6, 6.07) is 6.05. The Labute approximate surface area is 148 Å². The topological polar surface area (TPSA) is 103 Å². The van der Waals surface area contributed by atoms with Gasteiger partial charge in [-0.1, -0.05) is 30.0 Å². The highest BCUT2D eigenvalue weighted by molar-refractivity contribution is 7.99. The molecule has 1 heterocycles. The molecular weight excluding hydrogens is 342 g/mol. The van der Waals surface area contributed by atoms with Gasteiger partial charge in [0.25, 0.3) is 5.69 Å². The van der Waals surface area contributed by atoms with Crippen LogP contribution in [0.5, 0.6) is 0 Å². The predicted octanol–water partition coefficient (Wildman–Crippen LogP) is 2.98. The number of hydrogen-bond donors (Lipinski definition) is 1. The molecule has 1 aromatic heterocycles. The van der Waals surface area contributed by atoms with Crippen LogP contribution in [0, 0.1) is 10.1 Å². The zero-order chi connectivity index (χ0) is 17.8. The maximum atomic E-state index is 12.2. The molecule has 2 aromatic rings. The molecule has 1 aliphatic carbocycles. The molecule has 8 nitrogen and oxygen atoms in total. The molecule has 130 valence electrons. The molecule has 9 heteroatoms. The Kier molecular flexibility index (Phi) is 5.13. The molecule has 1 saturated carbocycles. The van der Waals surface area contributed by atoms with Crippen molar-refractivity contribution in [2.45, 2.75) is 30.5 Å². The van der Waals surface area contributed by atoms with Crippen molar-refractivity contribution in [2.24, 2.45) is 0 Å². The number of carbonyl (C=O) groups is 1. The molecule has 0 saturated heterocycles. The van der Waals surface area contributed by atoms with Gasteiger partial charge in [-0.3, -0.25) is 14.9 Å². The molecule has 0 aliphatic heterocycles. The molecule has 1 aromatic carbocycles. The summed E-state index contributed by atoms with van der Waals surface area (Å²) in [5.74, 6) is 1.14. The van der Waals surface area contributed by atoms with E-state index in [1.807, 2.05) is 4.57 Å². The number of carbonyl (C=O) groups excluding carboxylic acids is 1. The molecule has 0 atom stereocenters. The van der Waals surface area contributed by atoms with Gasteiger partial charge in [0.05, 0.1) is 10.7 Å². The third-order valence-corrected chi connectivity index (χ3v) is 4.67. The highest BCUT2D eigenvalue weighted by atomic mass is 32.2. The van der Waals surface area contributed by atoms with E-state index >= 15 is 0 Å². The number of anilines is 1. The summed E-state index contributed by atoms with van der Waals surface area (Å²) in [6.45, 7) is 4.34. The summed E-state index contributed by atoms with van der Waals surface area (Å²) in [7, 11) is 0. The Morgan fingerprint density at radius 3 is 2.88 bits per heavy atom. The first-order chi connectivity index (χ1) is 12.1. The van der Waals surface area contributed by atoms with Crippen LogP contribution in [0.2, 0.25) is 0 Å². The van der Waals surface area contributed by atoms with E-state index in [1.165, 1.54) is 23.9 Å². The van der Waals surface area contributed by atoms with Gasteiger partial charge in [0, 0.05) is 18.5 Å². The second-order valence-corrected chi connectivity index (χ2v) is 6.57. The van der Waals surface area contributed by atoms with Crippen molar-refractivity contribution < 1.29 is 9.72 Å². The van der Waals surface area contributed by atoms with E-state index in [4.69, 9.17) is 0 Å². The minimum Gasteiger partial charge on any atom is -0.320 e. The van der Waals surface area contributed by atoms with E-state index in [0.29, 0.717) is 17.6 Å². The van der Waals surface area contributed by atoms with Crippen LogP contribution in [0.1, 0.15) is 24.6 Å². The highest BCUT2D eigenvalue weighted by Gasteiger charge is 2.30. The fraction of sp³-hybridized carbons (Fsp3) is 0.312. The number of rotatable bonds is 8. The number of benzene rings is 1. The van der Waals surface area contributed by atoms with Crippen LogP contribution in [-0.4, -0.2) is 31.3 Å². The number of nitro benzene ring substituents is 1. The van der Waals surface area contributed by atoms with Crippen molar-refractivity contribution >= 4 is 29.0 Å². The van der Waals surface area contributed by atoms with Gasteiger partial charge in [-0.15, -0.1) is 16.8 Å². The molecule has 3 rings (SSSR count). The number of nitro groups is 1. The zero-order valence-electron chi connectivity index (χ0n) is 13.4. The summed E-state index contributed by atoms with van der Waals surface area (Å²) in [6.07, 6.45) is 3.99. The number of aromatic nitrogens is 3. The zero-order valence-corrected chi connectivity index (χ0v) is 14.2. The summed E-state index contributed by atoms with van der Waals surface area (Å²) in [5.41, 5.74) is 0.0519. The molecule has 1 amide bonds. The standard InChI is InChI=1S/C16H17N5O3S/c1-2-9-20-15(11-7-8-11)18-19-16(20)25-10-14(22)17-12-5-3-4-6-13(12)21(23)24/h2-6,11H,1,7-10H2,(H,17,22).